The van der Waals surface area contributed by atoms with E-state index in [9.17, 15) is 20.0 Å². The van der Waals surface area contributed by atoms with Gasteiger partial charge in [0, 0.05) is 17.0 Å². The van der Waals surface area contributed by atoms with E-state index in [0.717, 1.165) is 10.5 Å². The third kappa shape index (κ3) is 4.33. The molecule has 0 unspecified atom stereocenters. The Morgan fingerprint density at radius 3 is 2.55 bits per heavy atom. The van der Waals surface area contributed by atoms with Crippen LogP contribution in [-0.2, 0) is 11.2 Å². The van der Waals surface area contributed by atoms with Crippen LogP contribution in [0.15, 0.2) is 53.4 Å². The monoisotopic (exact) mass is 317 g/mol. The van der Waals surface area contributed by atoms with Crippen molar-refractivity contribution < 1.29 is 14.8 Å². The molecule has 0 saturated carbocycles. The van der Waals surface area contributed by atoms with E-state index in [1.165, 1.54) is 23.9 Å². The highest BCUT2D eigenvalue weighted by Gasteiger charge is 2.20. The average molecular weight is 317 g/mol. The van der Waals surface area contributed by atoms with Gasteiger partial charge in [-0.3, -0.25) is 14.9 Å². The van der Waals surface area contributed by atoms with Crippen molar-refractivity contribution in [3.05, 3.63) is 69.8 Å². The van der Waals surface area contributed by atoms with Crippen LogP contribution in [0.1, 0.15) is 11.1 Å². The van der Waals surface area contributed by atoms with E-state index >= 15 is 0 Å². The maximum Gasteiger partial charge on any atom is 0.317 e. The van der Waals surface area contributed by atoms with Crippen molar-refractivity contribution in [2.75, 3.05) is 0 Å². The van der Waals surface area contributed by atoms with Gasteiger partial charge < -0.3 is 5.11 Å². The van der Waals surface area contributed by atoms with Crippen molar-refractivity contribution in [2.24, 2.45) is 0 Å². The molecule has 0 bridgehead atoms. The maximum absolute atomic E-state index is 11.4. The number of nitro benzene ring substituents is 1. The topological polar surface area (TPSA) is 80.4 Å². The first-order chi connectivity index (χ1) is 10.5. The highest BCUT2D eigenvalue weighted by Crippen LogP contribution is 2.27. The number of hydrogen-bond acceptors (Lipinski definition) is 4. The van der Waals surface area contributed by atoms with Crippen LogP contribution in [-0.4, -0.2) is 21.2 Å². The predicted octanol–water partition coefficient (Wildman–Crippen LogP) is 3.69. The lowest BCUT2D eigenvalue weighted by Gasteiger charge is -2.12. The first kappa shape index (κ1) is 16.0. The van der Waals surface area contributed by atoms with Crippen LogP contribution in [0.25, 0.3) is 0 Å². The Morgan fingerprint density at radius 1 is 1.27 bits per heavy atom. The molecule has 0 aliphatic carbocycles. The molecule has 0 saturated heterocycles. The molecule has 0 fully saturated rings. The molecule has 2 aromatic carbocycles. The molecule has 0 amide bonds. The second-order valence-corrected chi connectivity index (χ2v) is 6.17. The largest absolute Gasteiger partial charge is 0.480 e. The van der Waals surface area contributed by atoms with Gasteiger partial charge in [-0.05, 0) is 31.0 Å². The zero-order valence-electron chi connectivity index (χ0n) is 11.9. The van der Waals surface area contributed by atoms with Crippen molar-refractivity contribution >= 4 is 23.4 Å². The minimum Gasteiger partial charge on any atom is -0.480 e. The molecule has 0 aliphatic heterocycles. The number of aliphatic carboxylic acids is 1. The fourth-order valence-electron chi connectivity index (χ4n) is 1.97. The molecule has 114 valence electrons. The van der Waals surface area contributed by atoms with Gasteiger partial charge in [-0.25, -0.2) is 0 Å². The second kappa shape index (κ2) is 7.09. The zero-order valence-corrected chi connectivity index (χ0v) is 12.7. The molecule has 2 rings (SSSR count). The van der Waals surface area contributed by atoms with Gasteiger partial charge in [0.05, 0.1) is 4.92 Å². The molecule has 22 heavy (non-hydrogen) atoms. The number of carboxylic acids is 1. The van der Waals surface area contributed by atoms with Crippen molar-refractivity contribution in [1.82, 2.24) is 0 Å². The molecule has 5 nitrogen and oxygen atoms in total. The summed E-state index contributed by atoms with van der Waals surface area (Å²) in [7, 11) is 0. The first-order valence-electron chi connectivity index (χ1n) is 6.65. The standard InChI is InChI=1S/C16H15NO4S/c1-11-5-7-14(8-6-11)22-15(16(18)19)10-12-3-2-4-13(9-12)17(20)21/h2-9,15H,10H2,1H3,(H,18,19)/t15-/m1/s1. The Bertz CT molecular complexity index is 685. The summed E-state index contributed by atoms with van der Waals surface area (Å²) in [4.78, 5) is 22.6. The van der Waals surface area contributed by atoms with Crippen LogP contribution in [0, 0.1) is 17.0 Å². The molecule has 0 heterocycles. The Morgan fingerprint density at radius 2 is 1.95 bits per heavy atom. The predicted molar refractivity (Wildman–Crippen MR) is 85.3 cm³/mol. The van der Waals surface area contributed by atoms with Gasteiger partial charge in [0.15, 0.2) is 0 Å². The van der Waals surface area contributed by atoms with Gasteiger partial charge in [0.2, 0.25) is 0 Å². The van der Waals surface area contributed by atoms with Gasteiger partial charge in [-0.15, -0.1) is 11.8 Å². The summed E-state index contributed by atoms with van der Waals surface area (Å²) in [5.74, 6) is -0.933. The molecule has 1 N–H and O–H groups in total. The number of non-ortho nitro benzene ring substituents is 1. The highest BCUT2D eigenvalue weighted by atomic mass is 32.2. The summed E-state index contributed by atoms with van der Waals surface area (Å²) in [5.41, 5.74) is 1.72. The van der Waals surface area contributed by atoms with Crippen molar-refractivity contribution in [2.45, 2.75) is 23.5 Å². The Balaban J connectivity index is 2.15. The van der Waals surface area contributed by atoms with Crippen molar-refractivity contribution in [1.29, 1.82) is 0 Å². The minimum atomic E-state index is -0.933. The number of benzene rings is 2. The molecular weight excluding hydrogens is 302 g/mol. The summed E-state index contributed by atoms with van der Waals surface area (Å²) >= 11 is 1.25. The van der Waals surface area contributed by atoms with Gasteiger partial charge in [-0.1, -0.05) is 29.8 Å². The Hall–Kier alpha value is -2.34. The normalized spacial score (nSPS) is 11.9. The molecule has 0 radical (unpaired) electrons. The number of hydrogen-bond donors (Lipinski definition) is 1. The molecule has 0 aromatic heterocycles. The van der Waals surface area contributed by atoms with E-state index in [0.29, 0.717) is 5.56 Å². The molecular formula is C16H15NO4S. The smallest absolute Gasteiger partial charge is 0.317 e. The highest BCUT2D eigenvalue weighted by molar-refractivity contribution is 8.00. The summed E-state index contributed by atoms with van der Waals surface area (Å²) in [6.07, 6.45) is 0.232. The quantitative estimate of drug-likeness (QED) is 0.499. The first-order valence-corrected chi connectivity index (χ1v) is 7.53. The molecule has 0 spiro atoms. The third-order valence-corrected chi connectivity index (χ3v) is 4.31. The Labute approximate surface area is 132 Å². The molecule has 0 aliphatic rings. The minimum absolute atomic E-state index is 0.0259. The van der Waals surface area contributed by atoms with E-state index in [1.54, 1.807) is 12.1 Å². The fraction of sp³-hybridized carbons (Fsp3) is 0.188. The van der Waals surface area contributed by atoms with Gasteiger partial charge in [0.25, 0.3) is 5.69 Å². The number of thioether (sulfide) groups is 1. The SMILES string of the molecule is Cc1ccc(S[C@H](Cc2cccc([N+](=O)[O-])c2)C(=O)O)cc1. The van der Waals surface area contributed by atoms with Crippen LogP contribution < -0.4 is 0 Å². The number of carboxylic acid groups (broad SMARTS) is 1. The van der Waals surface area contributed by atoms with Crippen LogP contribution in [0.4, 0.5) is 5.69 Å². The number of carbonyl (C=O) groups is 1. The van der Waals surface area contributed by atoms with E-state index in [4.69, 9.17) is 0 Å². The summed E-state index contributed by atoms with van der Waals surface area (Å²) in [5, 5.41) is 19.5. The fourth-order valence-corrected chi connectivity index (χ4v) is 2.97. The van der Waals surface area contributed by atoms with E-state index < -0.39 is 16.1 Å². The summed E-state index contributed by atoms with van der Waals surface area (Å²) in [6, 6.07) is 13.7. The number of nitro groups is 1. The number of aryl methyl sites for hydroxylation is 1. The zero-order chi connectivity index (χ0) is 16.1. The van der Waals surface area contributed by atoms with Crippen molar-refractivity contribution in [3.8, 4) is 0 Å². The van der Waals surface area contributed by atoms with E-state index in [1.807, 2.05) is 31.2 Å². The third-order valence-electron chi connectivity index (χ3n) is 3.12. The summed E-state index contributed by atoms with van der Waals surface area (Å²) in [6.45, 7) is 1.96. The molecule has 6 heteroatoms. The van der Waals surface area contributed by atoms with Crippen LogP contribution in [0.5, 0.6) is 0 Å². The number of rotatable bonds is 6. The van der Waals surface area contributed by atoms with E-state index in [2.05, 4.69) is 0 Å². The second-order valence-electron chi connectivity index (χ2n) is 4.89. The molecule has 2 aromatic rings. The maximum atomic E-state index is 11.4. The lowest BCUT2D eigenvalue weighted by molar-refractivity contribution is -0.384. The van der Waals surface area contributed by atoms with Crippen LogP contribution in [0.3, 0.4) is 0 Å². The van der Waals surface area contributed by atoms with Gasteiger partial charge in [-0.2, -0.15) is 0 Å². The lowest BCUT2D eigenvalue weighted by atomic mass is 10.1. The Kier molecular flexibility index (Phi) is 5.16. The van der Waals surface area contributed by atoms with E-state index in [-0.39, 0.29) is 12.1 Å². The molecule has 1 atom stereocenters. The summed E-state index contributed by atoms with van der Waals surface area (Å²) < 4.78 is 0. The lowest BCUT2D eigenvalue weighted by Crippen LogP contribution is -2.19. The average Bonchev–Trinajstić information content (AvgIpc) is 2.49. The van der Waals surface area contributed by atoms with Crippen LogP contribution in [0.2, 0.25) is 0 Å². The van der Waals surface area contributed by atoms with Gasteiger partial charge in [0.1, 0.15) is 5.25 Å². The van der Waals surface area contributed by atoms with Gasteiger partial charge >= 0.3 is 5.97 Å². The number of nitrogens with zero attached hydrogens (tertiary/aromatic N) is 1. The van der Waals surface area contributed by atoms with Crippen molar-refractivity contribution in [3.63, 3.8) is 0 Å². The van der Waals surface area contributed by atoms with Crippen LogP contribution >= 0.6 is 11.8 Å².